The van der Waals surface area contributed by atoms with Crippen LogP contribution in [0.15, 0.2) is 0 Å². The van der Waals surface area contributed by atoms with Gasteiger partial charge in [0, 0.05) is 0 Å². The second kappa shape index (κ2) is 10.2. The predicted molar refractivity (Wildman–Crippen MR) is 112 cm³/mol. The van der Waals surface area contributed by atoms with E-state index in [-0.39, 0.29) is 0 Å². The van der Waals surface area contributed by atoms with Crippen molar-refractivity contribution in [2.75, 3.05) is 0 Å². The van der Waals surface area contributed by atoms with Crippen LogP contribution in [-0.2, 0) is 0 Å². The average Bonchev–Trinajstić information content (AvgIpc) is 2.96. The molecule has 4 aromatic carbocycles. The minimum absolute atomic E-state index is 1.14. The monoisotopic (exact) mass is 625 g/mol. The smallest absolute Gasteiger partial charge is 0.200 e. The first kappa shape index (κ1) is 30.7. The van der Waals surface area contributed by atoms with Gasteiger partial charge in [0.2, 0.25) is 5.82 Å². The van der Waals surface area contributed by atoms with Crippen LogP contribution < -0.4 is 5.46 Å². The first-order valence-corrected chi connectivity index (χ1v) is 9.96. The third-order valence-corrected chi connectivity index (χ3v) is 5.53. The van der Waals surface area contributed by atoms with Gasteiger partial charge in [-0.3, -0.25) is 0 Å². The first-order chi connectivity index (χ1) is 19.4. The molecule has 42 heavy (non-hydrogen) atoms. The topological polar surface area (TPSA) is 0 Å². The number of hydrogen-bond acceptors (Lipinski definition) is 0. The lowest BCUT2D eigenvalue weighted by molar-refractivity contribution is 0.379. The summed E-state index contributed by atoms with van der Waals surface area (Å²) in [6.07, 6.45) is 0. The Hall–Kier alpha value is -4.25. The molecule has 0 spiro atoms. The van der Waals surface area contributed by atoms with Gasteiger partial charge in [-0.2, -0.15) is 0 Å². The summed E-state index contributed by atoms with van der Waals surface area (Å²) < 4.78 is 244. The highest BCUT2D eigenvalue weighted by molar-refractivity contribution is 6.32. The SMILES string of the molecule is [BH3-]c1c(F)c(F)c(-c2c(F)c(F)c(-c3c(F)c(F)c(-c4c(F)c(F)c(F)c(F)c4F)c(F)c3F)c(F)c2F)c(F)c1F. The Balaban J connectivity index is 2.11. The summed E-state index contributed by atoms with van der Waals surface area (Å²) in [6.45, 7) is 0. The second-order valence-electron chi connectivity index (χ2n) is 7.71. The van der Waals surface area contributed by atoms with Gasteiger partial charge < -0.3 is 0 Å². The molecule has 222 valence electrons. The van der Waals surface area contributed by atoms with Crippen LogP contribution in [0.4, 0.5) is 74.6 Å². The Morgan fingerprint density at radius 3 is 0.500 bits per heavy atom. The molecule has 0 heterocycles. The van der Waals surface area contributed by atoms with Crippen molar-refractivity contribution in [3.8, 4) is 33.4 Å². The molecule has 0 aliphatic rings. The minimum Gasteiger partial charge on any atom is -0.207 e. The molecule has 0 atom stereocenters. The van der Waals surface area contributed by atoms with Gasteiger partial charge in [-0.25, -0.2) is 74.6 Å². The van der Waals surface area contributed by atoms with Gasteiger partial charge in [0.25, 0.3) is 0 Å². The molecular formula is C24H3BF17-. The molecule has 0 saturated heterocycles. The van der Waals surface area contributed by atoms with E-state index in [1.165, 1.54) is 0 Å². The molecule has 0 saturated carbocycles. The van der Waals surface area contributed by atoms with Crippen molar-refractivity contribution in [2.24, 2.45) is 0 Å². The third-order valence-electron chi connectivity index (χ3n) is 5.53. The molecule has 0 aliphatic carbocycles. The zero-order valence-corrected chi connectivity index (χ0v) is 18.4. The highest BCUT2D eigenvalue weighted by Gasteiger charge is 2.39. The summed E-state index contributed by atoms with van der Waals surface area (Å²) in [4.78, 5) is 0. The Bertz CT molecular complexity index is 1610. The van der Waals surface area contributed by atoms with Crippen molar-refractivity contribution < 1.29 is 74.6 Å². The molecule has 0 radical (unpaired) electrons. The lowest BCUT2D eigenvalue weighted by atomic mass is 9.89. The molecule has 0 amide bonds. The third kappa shape index (κ3) is 4.01. The maximum atomic E-state index is 14.9. The highest BCUT2D eigenvalue weighted by atomic mass is 19.2. The molecule has 0 bridgehead atoms. The fraction of sp³-hybridized carbons (Fsp3) is 0. The molecule has 0 aliphatic heterocycles. The van der Waals surface area contributed by atoms with Gasteiger partial charge >= 0.3 is 0 Å². The Labute approximate surface area is 221 Å². The maximum absolute atomic E-state index is 14.9. The highest BCUT2D eigenvalue weighted by Crippen LogP contribution is 2.44. The fourth-order valence-corrected chi connectivity index (χ4v) is 3.71. The largest absolute Gasteiger partial charge is 0.207 e. The number of rotatable bonds is 3. The van der Waals surface area contributed by atoms with E-state index in [9.17, 15) is 74.6 Å². The number of halogens is 17. The summed E-state index contributed by atoms with van der Waals surface area (Å²) >= 11 is 0. The summed E-state index contributed by atoms with van der Waals surface area (Å²) in [5.74, 6) is -48.6. The van der Waals surface area contributed by atoms with Gasteiger partial charge in [0.15, 0.2) is 81.4 Å². The Morgan fingerprint density at radius 2 is 0.310 bits per heavy atom. The summed E-state index contributed by atoms with van der Waals surface area (Å²) in [6, 6.07) is 0. The Kier molecular flexibility index (Phi) is 7.48. The van der Waals surface area contributed by atoms with Crippen LogP contribution in [0.3, 0.4) is 0 Å². The van der Waals surface area contributed by atoms with Crippen LogP contribution >= 0.6 is 0 Å². The van der Waals surface area contributed by atoms with E-state index in [1.807, 2.05) is 0 Å². The lowest BCUT2D eigenvalue weighted by Gasteiger charge is -2.18. The maximum Gasteiger partial charge on any atom is 0.200 e. The van der Waals surface area contributed by atoms with E-state index in [0.29, 0.717) is 0 Å². The first-order valence-electron chi connectivity index (χ1n) is 9.96. The number of hydrogen-bond donors (Lipinski definition) is 0. The van der Waals surface area contributed by atoms with Crippen LogP contribution in [0.1, 0.15) is 0 Å². The van der Waals surface area contributed by atoms with E-state index >= 15 is 0 Å². The van der Waals surface area contributed by atoms with E-state index in [4.69, 9.17) is 0 Å². The summed E-state index contributed by atoms with van der Waals surface area (Å²) in [5.41, 5.74) is -16.7. The minimum atomic E-state index is -3.11. The van der Waals surface area contributed by atoms with Crippen molar-refractivity contribution in [1.82, 2.24) is 0 Å². The zero-order chi connectivity index (χ0) is 31.9. The van der Waals surface area contributed by atoms with Crippen LogP contribution in [-0.4, -0.2) is 7.85 Å². The van der Waals surface area contributed by atoms with Crippen molar-refractivity contribution in [1.29, 1.82) is 0 Å². The van der Waals surface area contributed by atoms with Crippen molar-refractivity contribution in [2.45, 2.75) is 0 Å². The van der Waals surface area contributed by atoms with Crippen LogP contribution in [0.2, 0.25) is 0 Å². The molecule has 4 aromatic rings. The fourth-order valence-electron chi connectivity index (χ4n) is 3.71. The van der Waals surface area contributed by atoms with Gasteiger partial charge in [-0.1, -0.05) is 0 Å². The number of benzene rings is 4. The van der Waals surface area contributed by atoms with E-state index in [2.05, 4.69) is 0 Å². The molecule has 0 nitrogen and oxygen atoms in total. The molecule has 0 fully saturated rings. The predicted octanol–water partition coefficient (Wildman–Crippen LogP) is 7.04. The second-order valence-corrected chi connectivity index (χ2v) is 7.71. The van der Waals surface area contributed by atoms with Crippen molar-refractivity contribution in [3.63, 3.8) is 0 Å². The van der Waals surface area contributed by atoms with Crippen molar-refractivity contribution >= 4 is 13.3 Å². The lowest BCUT2D eigenvalue weighted by Crippen LogP contribution is -2.20. The normalized spacial score (nSPS) is 11.6. The van der Waals surface area contributed by atoms with Gasteiger partial charge in [-0.15, -0.1) is 5.46 Å². The van der Waals surface area contributed by atoms with Crippen molar-refractivity contribution in [3.05, 3.63) is 98.9 Å². The van der Waals surface area contributed by atoms with E-state index < -0.39 is 146 Å². The van der Waals surface area contributed by atoms with Gasteiger partial charge in [0.1, 0.15) is 11.6 Å². The van der Waals surface area contributed by atoms with Crippen LogP contribution in [0.5, 0.6) is 0 Å². The molecule has 0 N–H and O–H groups in total. The van der Waals surface area contributed by atoms with E-state index in [1.54, 1.807) is 0 Å². The summed E-state index contributed by atoms with van der Waals surface area (Å²) in [5, 5.41) is 0. The van der Waals surface area contributed by atoms with Gasteiger partial charge in [-0.05, 0) is 7.85 Å². The van der Waals surface area contributed by atoms with Gasteiger partial charge in [0.05, 0.1) is 33.4 Å². The molecule has 0 unspecified atom stereocenters. The standard InChI is InChI=1S/C24H3BF17/c25-7-20(38)16(34)5(17(35)21(7)39)3-12(30)8(26)1(9(27)13(3)31)2-10(28)14(32)4(15(33)11(2)29)6-18(36)22(40)24(42)23(41)19(6)37/h25H3/q-1. The average molecular weight is 625 g/mol. The summed E-state index contributed by atoms with van der Waals surface area (Å²) in [7, 11) is -1.68. The molecule has 4 rings (SSSR count). The van der Waals surface area contributed by atoms with E-state index in [0.717, 1.165) is 0 Å². The molecule has 18 heteroatoms. The molecular weight excluding hydrogens is 622 g/mol. The quantitative estimate of drug-likeness (QED) is 0.0993. The van der Waals surface area contributed by atoms with Crippen LogP contribution in [0, 0.1) is 98.9 Å². The Morgan fingerprint density at radius 1 is 0.190 bits per heavy atom. The molecule has 0 aromatic heterocycles. The zero-order valence-electron chi connectivity index (χ0n) is 18.4. The van der Waals surface area contributed by atoms with Crippen LogP contribution in [0.25, 0.3) is 33.4 Å².